The molecule has 104 valence electrons. The Kier molecular flexibility index (Phi) is 4.31. The molecule has 1 aliphatic heterocycles. The summed E-state index contributed by atoms with van der Waals surface area (Å²) < 4.78 is 5.43. The summed E-state index contributed by atoms with van der Waals surface area (Å²) >= 11 is 0. The van der Waals surface area contributed by atoms with Gasteiger partial charge in [0.1, 0.15) is 5.60 Å². The maximum atomic E-state index is 11.9. The maximum absolute atomic E-state index is 11.9. The molecule has 1 heterocycles. The molecule has 3 atom stereocenters. The first-order chi connectivity index (χ1) is 8.44. The summed E-state index contributed by atoms with van der Waals surface area (Å²) in [5.74, 6) is 2.24. The Hall–Kier alpha value is -0.570. The molecule has 3 heteroatoms. The van der Waals surface area contributed by atoms with Gasteiger partial charge in [-0.25, -0.2) is 0 Å². The first-order valence-corrected chi connectivity index (χ1v) is 7.36. The first-order valence-electron chi connectivity index (χ1n) is 7.36. The predicted molar refractivity (Wildman–Crippen MR) is 72.3 cm³/mol. The van der Waals surface area contributed by atoms with Crippen molar-refractivity contribution in [1.82, 2.24) is 5.32 Å². The highest BCUT2D eigenvalue weighted by Crippen LogP contribution is 2.38. The van der Waals surface area contributed by atoms with Crippen LogP contribution in [0.2, 0.25) is 0 Å². The van der Waals surface area contributed by atoms with Crippen LogP contribution in [0, 0.1) is 17.8 Å². The van der Waals surface area contributed by atoms with Gasteiger partial charge >= 0.3 is 5.97 Å². The van der Waals surface area contributed by atoms with Crippen molar-refractivity contribution in [3.63, 3.8) is 0 Å². The highest BCUT2D eigenvalue weighted by atomic mass is 16.6. The minimum absolute atomic E-state index is 0.0140. The van der Waals surface area contributed by atoms with E-state index >= 15 is 0 Å². The van der Waals surface area contributed by atoms with Crippen molar-refractivity contribution >= 4 is 5.97 Å². The Bertz CT molecular complexity index is 295. The molecule has 0 spiro atoms. The van der Waals surface area contributed by atoms with Crippen LogP contribution in [0.4, 0.5) is 0 Å². The van der Waals surface area contributed by atoms with Gasteiger partial charge in [-0.1, -0.05) is 0 Å². The van der Waals surface area contributed by atoms with Gasteiger partial charge in [0.2, 0.25) is 0 Å². The molecule has 0 aromatic heterocycles. The zero-order valence-electron chi connectivity index (χ0n) is 12.0. The molecule has 1 saturated heterocycles. The van der Waals surface area contributed by atoms with Gasteiger partial charge in [0.05, 0.1) is 0 Å². The summed E-state index contributed by atoms with van der Waals surface area (Å²) in [6, 6.07) is 0. The third kappa shape index (κ3) is 3.98. The van der Waals surface area contributed by atoms with Crippen LogP contribution in [0.1, 0.15) is 52.9 Å². The maximum Gasteiger partial charge on any atom is 0.306 e. The van der Waals surface area contributed by atoms with Gasteiger partial charge < -0.3 is 10.1 Å². The van der Waals surface area contributed by atoms with Crippen LogP contribution >= 0.6 is 0 Å². The summed E-state index contributed by atoms with van der Waals surface area (Å²) in [4.78, 5) is 11.9. The SMILES string of the molecule is CC(C)(C)OC(=O)CC1CCC2CNCCC2C1. The number of rotatable bonds is 2. The number of carbonyl (C=O) groups is 1. The van der Waals surface area contributed by atoms with Gasteiger partial charge in [-0.2, -0.15) is 0 Å². The second kappa shape index (κ2) is 5.60. The van der Waals surface area contributed by atoms with Gasteiger partial charge in [0, 0.05) is 6.42 Å². The van der Waals surface area contributed by atoms with Crippen LogP contribution in [0.15, 0.2) is 0 Å². The minimum atomic E-state index is -0.344. The fraction of sp³-hybridized carbons (Fsp3) is 0.933. The third-order valence-electron chi connectivity index (χ3n) is 4.22. The van der Waals surface area contributed by atoms with Crippen molar-refractivity contribution in [1.29, 1.82) is 0 Å². The molecule has 2 aliphatic rings. The lowest BCUT2D eigenvalue weighted by molar-refractivity contribution is -0.156. The van der Waals surface area contributed by atoms with Crippen LogP contribution in [-0.4, -0.2) is 24.7 Å². The van der Waals surface area contributed by atoms with Crippen LogP contribution in [0.5, 0.6) is 0 Å². The van der Waals surface area contributed by atoms with Crippen molar-refractivity contribution in [2.75, 3.05) is 13.1 Å². The zero-order valence-corrected chi connectivity index (χ0v) is 12.0. The summed E-state index contributed by atoms with van der Waals surface area (Å²) in [6.45, 7) is 8.15. The van der Waals surface area contributed by atoms with Crippen molar-refractivity contribution in [3.8, 4) is 0 Å². The van der Waals surface area contributed by atoms with Crippen molar-refractivity contribution in [2.24, 2.45) is 17.8 Å². The number of ether oxygens (including phenoxy) is 1. The topological polar surface area (TPSA) is 38.3 Å². The van der Waals surface area contributed by atoms with Crippen LogP contribution in [-0.2, 0) is 9.53 Å². The van der Waals surface area contributed by atoms with Gasteiger partial charge in [0.25, 0.3) is 0 Å². The molecule has 3 unspecified atom stereocenters. The van der Waals surface area contributed by atoms with Crippen molar-refractivity contribution < 1.29 is 9.53 Å². The fourth-order valence-electron chi connectivity index (χ4n) is 3.43. The highest BCUT2D eigenvalue weighted by Gasteiger charge is 2.33. The van der Waals surface area contributed by atoms with Crippen molar-refractivity contribution in [3.05, 3.63) is 0 Å². The number of hydrogen-bond donors (Lipinski definition) is 1. The Labute approximate surface area is 111 Å². The van der Waals surface area contributed by atoms with E-state index in [1.54, 1.807) is 0 Å². The van der Waals surface area contributed by atoms with E-state index in [0.29, 0.717) is 12.3 Å². The molecule has 0 amide bonds. The van der Waals surface area contributed by atoms with E-state index < -0.39 is 0 Å². The second-order valence-corrected chi connectivity index (χ2v) is 6.98. The molecule has 1 aliphatic carbocycles. The monoisotopic (exact) mass is 253 g/mol. The average Bonchev–Trinajstić information content (AvgIpc) is 2.26. The van der Waals surface area contributed by atoms with Gasteiger partial charge in [-0.05, 0) is 77.3 Å². The number of piperidine rings is 1. The van der Waals surface area contributed by atoms with E-state index in [-0.39, 0.29) is 11.6 Å². The lowest BCUT2D eigenvalue weighted by Crippen LogP contribution is -2.40. The molecule has 0 bridgehead atoms. The standard InChI is InChI=1S/C15H27NO2/c1-15(2,3)18-14(17)9-11-4-5-13-10-16-7-6-12(13)8-11/h11-13,16H,4-10H2,1-3H3. The molecule has 1 saturated carbocycles. The zero-order chi connectivity index (χ0) is 13.2. The number of hydrogen-bond acceptors (Lipinski definition) is 3. The van der Waals surface area contributed by atoms with Gasteiger partial charge in [0.15, 0.2) is 0 Å². The Morgan fingerprint density at radius 3 is 2.72 bits per heavy atom. The van der Waals surface area contributed by atoms with Crippen LogP contribution in [0.25, 0.3) is 0 Å². The molecule has 18 heavy (non-hydrogen) atoms. The number of fused-ring (bicyclic) bond motifs is 1. The minimum Gasteiger partial charge on any atom is -0.460 e. The van der Waals surface area contributed by atoms with E-state index in [2.05, 4.69) is 5.32 Å². The second-order valence-electron chi connectivity index (χ2n) is 6.98. The molecule has 0 aromatic carbocycles. The Balaban J connectivity index is 1.79. The first kappa shape index (κ1) is 13.9. The highest BCUT2D eigenvalue weighted by molar-refractivity contribution is 5.70. The van der Waals surface area contributed by atoms with Gasteiger partial charge in [-0.3, -0.25) is 4.79 Å². The molecule has 3 nitrogen and oxygen atoms in total. The van der Waals surface area contributed by atoms with Gasteiger partial charge in [-0.15, -0.1) is 0 Å². The van der Waals surface area contributed by atoms with E-state index in [9.17, 15) is 4.79 Å². The lowest BCUT2D eigenvalue weighted by atomic mass is 9.70. The average molecular weight is 253 g/mol. The molecule has 2 fully saturated rings. The predicted octanol–water partition coefficient (Wildman–Crippen LogP) is 2.74. The molecule has 0 radical (unpaired) electrons. The summed E-state index contributed by atoms with van der Waals surface area (Å²) in [5.41, 5.74) is -0.344. The molecule has 0 aromatic rings. The lowest BCUT2D eigenvalue weighted by Gasteiger charge is -2.39. The summed E-state index contributed by atoms with van der Waals surface area (Å²) in [6.07, 6.45) is 5.61. The molecular weight excluding hydrogens is 226 g/mol. The van der Waals surface area contributed by atoms with E-state index in [1.165, 1.54) is 32.2 Å². The smallest absolute Gasteiger partial charge is 0.306 e. The summed E-state index contributed by atoms with van der Waals surface area (Å²) in [5, 5.41) is 3.48. The fourth-order valence-corrected chi connectivity index (χ4v) is 3.43. The van der Waals surface area contributed by atoms with E-state index in [4.69, 9.17) is 4.74 Å². The Morgan fingerprint density at radius 2 is 2.00 bits per heavy atom. The molecule has 1 N–H and O–H groups in total. The van der Waals surface area contributed by atoms with Crippen LogP contribution in [0.3, 0.4) is 0 Å². The summed E-state index contributed by atoms with van der Waals surface area (Å²) in [7, 11) is 0. The largest absolute Gasteiger partial charge is 0.460 e. The Morgan fingerprint density at radius 1 is 1.22 bits per heavy atom. The number of esters is 1. The number of carbonyl (C=O) groups excluding carboxylic acids is 1. The third-order valence-corrected chi connectivity index (χ3v) is 4.22. The van der Waals surface area contributed by atoms with Crippen LogP contribution < -0.4 is 5.32 Å². The molecular formula is C15H27NO2. The van der Waals surface area contributed by atoms with Crippen molar-refractivity contribution in [2.45, 2.75) is 58.5 Å². The van der Waals surface area contributed by atoms with E-state index in [1.807, 2.05) is 20.8 Å². The normalized spacial score (nSPS) is 32.7. The molecule has 2 rings (SSSR count). The number of nitrogens with one attached hydrogen (secondary N) is 1. The van der Waals surface area contributed by atoms with E-state index in [0.717, 1.165) is 18.4 Å². The quantitative estimate of drug-likeness (QED) is 0.769.